The molecular formula is C21H21FN6O2. The van der Waals surface area contributed by atoms with E-state index in [1.54, 1.807) is 6.07 Å². The zero-order valence-electron chi connectivity index (χ0n) is 16.1. The van der Waals surface area contributed by atoms with Gasteiger partial charge in [-0.05, 0) is 30.3 Å². The zero-order chi connectivity index (χ0) is 20.7. The summed E-state index contributed by atoms with van der Waals surface area (Å²) in [5, 5.41) is 6.95. The average molecular weight is 408 g/mol. The van der Waals surface area contributed by atoms with Crippen molar-refractivity contribution in [3.8, 4) is 11.4 Å². The van der Waals surface area contributed by atoms with Crippen molar-refractivity contribution in [2.75, 3.05) is 37.4 Å². The molecule has 154 valence electrons. The number of hydrogen-bond donors (Lipinski definition) is 5. The number of nitrogens with zero attached hydrogens (tertiary/aromatic N) is 1. The van der Waals surface area contributed by atoms with E-state index in [1.807, 2.05) is 18.2 Å². The average Bonchev–Trinajstić information content (AvgIpc) is 3.15. The van der Waals surface area contributed by atoms with E-state index in [9.17, 15) is 9.18 Å². The van der Waals surface area contributed by atoms with Crippen molar-refractivity contribution in [2.24, 2.45) is 0 Å². The Hall–Kier alpha value is -3.43. The van der Waals surface area contributed by atoms with E-state index < -0.39 is 11.4 Å². The van der Waals surface area contributed by atoms with Crippen LogP contribution in [-0.4, -0.2) is 47.3 Å². The normalized spacial score (nSPS) is 16.9. The smallest absolute Gasteiger partial charge is 0.261 e. The summed E-state index contributed by atoms with van der Waals surface area (Å²) in [5.74, 6) is -0.196. The highest BCUT2D eigenvalue weighted by atomic mass is 19.1. The Morgan fingerprint density at radius 3 is 2.97 bits per heavy atom. The molecule has 9 heteroatoms. The van der Waals surface area contributed by atoms with E-state index in [0.29, 0.717) is 23.5 Å². The van der Waals surface area contributed by atoms with E-state index in [2.05, 4.69) is 25.6 Å². The maximum Gasteiger partial charge on any atom is 0.261 e. The Balaban J connectivity index is 1.49. The van der Waals surface area contributed by atoms with E-state index in [1.165, 1.54) is 12.1 Å². The molecule has 0 amide bonds. The van der Waals surface area contributed by atoms with Gasteiger partial charge < -0.3 is 31.1 Å². The van der Waals surface area contributed by atoms with Gasteiger partial charge in [-0.1, -0.05) is 6.07 Å². The van der Waals surface area contributed by atoms with Crippen LogP contribution in [0, 0.1) is 5.82 Å². The fourth-order valence-corrected chi connectivity index (χ4v) is 3.80. The summed E-state index contributed by atoms with van der Waals surface area (Å²) in [4.78, 5) is 23.0. The molecule has 1 fully saturated rings. The Kier molecular flexibility index (Phi) is 4.61. The van der Waals surface area contributed by atoms with Crippen LogP contribution in [0.15, 0.2) is 41.2 Å². The Bertz CT molecular complexity index is 1290. The van der Waals surface area contributed by atoms with Crippen LogP contribution in [0.2, 0.25) is 0 Å². The number of hydrogen-bond acceptors (Lipinski definition) is 6. The summed E-state index contributed by atoms with van der Waals surface area (Å²) in [6.07, 6.45) is 0. The lowest BCUT2D eigenvalue weighted by molar-refractivity contribution is 0.0806. The van der Waals surface area contributed by atoms with Crippen molar-refractivity contribution in [2.45, 2.75) is 6.04 Å². The molecule has 1 atom stereocenters. The summed E-state index contributed by atoms with van der Waals surface area (Å²) in [7, 11) is 0. The molecule has 1 unspecified atom stereocenters. The van der Waals surface area contributed by atoms with E-state index in [0.717, 1.165) is 30.9 Å². The number of ether oxygens (including phenoxy) is 1. The van der Waals surface area contributed by atoms with Crippen molar-refractivity contribution in [1.29, 1.82) is 0 Å². The molecule has 4 aromatic rings. The molecule has 1 aliphatic rings. The Labute approximate surface area is 170 Å². The SMILES string of the molecule is Nc1c(-c2nc3ccc(NCC4COCCN4)cc3[nH]2)c(=O)[nH]c2cccc(F)c12. The molecule has 0 spiro atoms. The predicted octanol–water partition coefficient (Wildman–Crippen LogP) is 2.19. The monoisotopic (exact) mass is 408 g/mol. The number of rotatable bonds is 4. The number of aromatic nitrogens is 3. The summed E-state index contributed by atoms with van der Waals surface area (Å²) in [6.45, 7) is 2.98. The van der Waals surface area contributed by atoms with Crippen molar-refractivity contribution in [1.82, 2.24) is 20.3 Å². The molecule has 3 heterocycles. The van der Waals surface area contributed by atoms with Gasteiger partial charge in [0.2, 0.25) is 0 Å². The second kappa shape index (κ2) is 7.43. The van der Waals surface area contributed by atoms with Crippen molar-refractivity contribution in [3.05, 3.63) is 52.6 Å². The summed E-state index contributed by atoms with van der Waals surface area (Å²) in [5.41, 5.74) is 8.64. The van der Waals surface area contributed by atoms with Gasteiger partial charge in [0.25, 0.3) is 5.56 Å². The van der Waals surface area contributed by atoms with Gasteiger partial charge in [-0.2, -0.15) is 0 Å². The molecule has 8 nitrogen and oxygen atoms in total. The molecule has 1 saturated heterocycles. The highest BCUT2D eigenvalue weighted by Crippen LogP contribution is 2.30. The van der Waals surface area contributed by atoms with Crippen LogP contribution < -0.4 is 21.9 Å². The number of fused-ring (bicyclic) bond motifs is 2. The number of benzene rings is 2. The minimum atomic E-state index is -0.495. The number of imidazole rings is 1. The van der Waals surface area contributed by atoms with Gasteiger partial charge in [-0.3, -0.25) is 4.79 Å². The second-order valence-electron chi connectivity index (χ2n) is 7.33. The van der Waals surface area contributed by atoms with Gasteiger partial charge in [0, 0.05) is 24.8 Å². The van der Waals surface area contributed by atoms with Gasteiger partial charge in [0.15, 0.2) is 0 Å². The van der Waals surface area contributed by atoms with E-state index in [4.69, 9.17) is 10.5 Å². The summed E-state index contributed by atoms with van der Waals surface area (Å²) in [6, 6.07) is 10.4. The summed E-state index contributed by atoms with van der Waals surface area (Å²) >= 11 is 0. The van der Waals surface area contributed by atoms with Crippen molar-refractivity contribution >= 4 is 33.3 Å². The van der Waals surface area contributed by atoms with Gasteiger partial charge >= 0.3 is 0 Å². The topological polar surface area (TPSA) is 121 Å². The third-order valence-electron chi connectivity index (χ3n) is 5.30. The van der Waals surface area contributed by atoms with Gasteiger partial charge in [0.1, 0.15) is 17.2 Å². The molecule has 5 rings (SSSR count). The lowest BCUT2D eigenvalue weighted by Crippen LogP contribution is -2.45. The van der Waals surface area contributed by atoms with Crippen molar-refractivity contribution in [3.63, 3.8) is 0 Å². The molecule has 30 heavy (non-hydrogen) atoms. The minimum Gasteiger partial charge on any atom is -0.397 e. The zero-order valence-corrected chi connectivity index (χ0v) is 16.1. The lowest BCUT2D eigenvalue weighted by Gasteiger charge is -2.24. The summed E-state index contributed by atoms with van der Waals surface area (Å²) < 4.78 is 19.8. The highest BCUT2D eigenvalue weighted by molar-refractivity contribution is 5.98. The Morgan fingerprint density at radius 2 is 2.13 bits per heavy atom. The molecule has 0 saturated carbocycles. The molecule has 2 aromatic heterocycles. The Morgan fingerprint density at radius 1 is 1.23 bits per heavy atom. The lowest BCUT2D eigenvalue weighted by atomic mass is 10.1. The maximum absolute atomic E-state index is 14.3. The maximum atomic E-state index is 14.3. The molecule has 2 aromatic carbocycles. The number of morpholine rings is 1. The number of H-pyrrole nitrogens is 2. The van der Waals surface area contributed by atoms with Gasteiger partial charge in [-0.25, -0.2) is 9.37 Å². The number of nitrogens with two attached hydrogens (primary N) is 1. The number of aromatic amines is 2. The number of halogens is 1. The number of nitrogen functional groups attached to an aromatic ring is 1. The standard InChI is InChI=1S/C21H21FN6O2/c22-13-2-1-3-15-17(13)19(23)18(21(29)28-15)20-26-14-5-4-11(8-16(14)27-20)25-9-12-10-30-7-6-24-12/h1-5,8,12,24-25H,6-7,9-10H2,(H,26,27)(H3,23,28,29). The number of anilines is 2. The van der Waals surface area contributed by atoms with Crippen LogP contribution in [0.3, 0.4) is 0 Å². The largest absolute Gasteiger partial charge is 0.397 e. The molecule has 0 bridgehead atoms. The van der Waals surface area contributed by atoms with Gasteiger partial charge in [0.05, 0.1) is 40.8 Å². The first-order chi connectivity index (χ1) is 14.6. The fourth-order valence-electron chi connectivity index (χ4n) is 3.80. The number of pyridine rings is 1. The molecule has 1 aliphatic heterocycles. The van der Waals surface area contributed by atoms with Gasteiger partial charge in [-0.15, -0.1) is 0 Å². The van der Waals surface area contributed by atoms with Crippen LogP contribution in [0.25, 0.3) is 33.3 Å². The predicted molar refractivity (Wildman–Crippen MR) is 115 cm³/mol. The van der Waals surface area contributed by atoms with Crippen LogP contribution >= 0.6 is 0 Å². The minimum absolute atomic E-state index is 0.0626. The van der Waals surface area contributed by atoms with Crippen LogP contribution in [0.5, 0.6) is 0 Å². The highest BCUT2D eigenvalue weighted by Gasteiger charge is 2.18. The van der Waals surface area contributed by atoms with Crippen LogP contribution in [-0.2, 0) is 4.74 Å². The first-order valence-corrected chi connectivity index (χ1v) is 9.75. The first-order valence-electron chi connectivity index (χ1n) is 9.75. The number of nitrogens with one attached hydrogen (secondary N) is 4. The quantitative estimate of drug-likeness (QED) is 0.353. The first kappa shape index (κ1) is 18.6. The third-order valence-corrected chi connectivity index (χ3v) is 5.30. The van der Waals surface area contributed by atoms with Crippen molar-refractivity contribution < 1.29 is 9.13 Å². The van der Waals surface area contributed by atoms with E-state index >= 15 is 0 Å². The molecule has 0 radical (unpaired) electrons. The fraction of sp³-hybridized carbons (Fsp3) is 0.238. The van der Waals surface area contributed by atoms with Crippen LogP contribution in [0.1, 0.15) is 0 Å². The third kappa shape index (κ3) is 3.27. The molecular weight excluding hydrogens is 387 g/mol. The second-order valence-corrected chi connectivity index (χ2v) is 7.33. The van der Waals surface area contributed by atoms with E-state index in [-0.39, 0.29) is 22.7 Å². The van der Waals surface area contributed by atoms with Crippen LogP contribution in [0.4, 0.5) is 15.8 Å². The molecule has 6 N–H and O–H groups in total. The molecule has 0 aliphatic carbocycles.